The van der Waals surface area contributed by atoms with Crippen molar-refractivity contribution in [1.82, 2.24) is 10.2 Å². The van der Waals surface area contributed by atoms with E-state index >= 15 is 0 Å². The molecular weight excluding hydrogens is 244 g/mol. The van der Waals surface area contributed by atoms with Crippen molar-refractivity contribution < 1.29 is 14.3 Å². The summed E-state index contributed by atoms with van der Waals surface area (Å²) in [7, 11) is 1.71. The number of likely N-dealkylation sites (tertiary alicyclic amines) is 1. The van der Waals surface area contributed by atoms with Gasteiger partial charge in [-0.25, -0.2) is 4.79 Å². The molecule has 1 amide bonds. The van der Waals surface area contributed by atoms with Crippen LogP contribution in [0.1, 0.15) is 40.0 Å². The summed E-state index contributed by atoms with van der Waals surface area (Å²) in [5.41, 5.74) is -0.442. The minimum atomic E-state index is -0.442. The van der Waals surface area contributed by atoms with E-state index in [2.05, 4.69) is 5.32 Å². The molecule has 1 aliphatic heterocycles. The van der Waals surface area contributed by atoms with Gasteiger partial charge in [0.15, 0.2) is 0 Å². The molecule has 1 N–H and O–H groups in total. The van der Waals surface area contributed by atoms with Crippen molar-refractivity contribution in [3.63, 3.8) is 0 Å². The van der Waals surface area contributed by atoms with Gasteiger partial charge in [0.2, 0.25) is 0 Å². The lowest BCUT2D eigenvalue weighted by molar-refractivity contribution is -0.0184. The highest BCUT2D eigenvalue weighted by atomic mass is 16.6. The molecule has 1 aliphatic carbocycles. The molecule has 0 bridgehead atoms. The third-order valence-corrected chi connectivity index (χ3v) is 3.54. The summed E-state index contributed by atoms with van der Waals surface area (Å²) < 4.78 is 10.9. The van der Waals surface area contributed by atoms with Crippen LogP contribution >= 0.6 is 0 Å². The normalized spacial score (nSPS) is 28.3. The van der Waals surface area contributed by atoms with Gasteiger partial charge in [-0.1, -0.05) is 0 Å². The number of hydrogen-bond donors (Lipinski definition) is 1. The molecule has 0 spiro atoms. The van der Waals surface area contributed by atoms with Crippen LogP contribution in [0.4, 0.5) is 4.79 Å². The zero-order valence-electron chi connectivity index (χ0n) is 12.4. The summed E-state index contributed by atoms with van der Waals surface area (Å²) in [5, 5.41) is 3.60. The SMILES string of the molecule is CO[C@H]1CN(C(=O)OC(C)(C)C)CC[C@H]1NC1CC1. The lowest BCUT2D eigenvalue weighted by atomic mass is 10.0. The maximum absolute atomic E-state index is 12.0. The topological polar surface area (TPSA) is 50.8 Å². The van der Waals surface area contributed by atoms with E-state index in [-0.39, 0.29) is 12.2 Å². The first-order chi connectivity index (χ1) is 8.89. The number of methoxy groups -OCH3 is 1. The monoisotopic (exact) mass is 270 g/mol. The van der Waals surface area contributed by atoms with Crippen LogP contribution < -0.4 is 5.32 Å². The van der Waals surface area contributed by atoms with Gasteiger partial charge in [-0.3, -0.25) is 0 Å². The summed E-state index contributed by atoms with van der Waals surface area (Å²) >= 11 is 0. The van der Waals surface area contributed by atoms with E-state index in [1.54, 1.807) is 12.0 Å². The summed E-state index contributed by atoms with van der Waals surface area (Å²) in [6.07, 6.45) is 3.28. The second kappa shape index (κ2) is 5.67. The number of nitrogens with one attached hydrogen (secondary N) is 1. The predicted molar refractivity (Wildman–Crippen MR) is 73.2 cm³/mol. The number of amides is 1. The zero-order valence-corrected chi connectivity index (χ0v) is 12.4. The van der Waals surface area contributed by atoms with E-state index in [0.717, 1.165) is 13.0 Å². The Hall–Kier alpha value is -0.810. The fraction of sp³-hybridized carbons (Fsp3) is 0.929. The molecule has 110 valence electrons. The molecule has 2 rings (SSSR count). The molecular formula is C14H26N2O3. The molecule has 0 aromatic rings. The Morgan fingerprint density at radius 2 is 1.95 bits per heavy atom. The molecule has 1 saturated heterocycles. The van der Waals surface area contributed by atoms with Crippen LogP contribution in [-0.2, 0) is 9.47 Å². The number of piperidine rings is 1. The Kier molecular flexibility index (Phi) is 4.36. The van der Waals surface area contributed by atoms with Crippen molar-refractivity contribution in [1.29, 1.82) is 0 Å². The molecule has 0 aromatic heterocycles. The van der Waals surface area contributed by atoms with Crippen molar-refractivity contribution in [3.8, 4) is 0 Å². The number of carbonyl (C=O) groups is 1. The van der Waals surface area contributed by atoms with Gasteiger partial charge in [0.25, 0.3) is 0 Å². The van der Waals surface area contributed by atoms with Crippen LogP contribution in [0.5, 0.6) is 0 Å². The standard InChI is InChI=1S/C14H26N2O3/c1-14(2,3)19-13(17)16-8-7-11(12(9-16)18-4)15-10-5-6-10/h10-12,15H,5-9H2,1-4H3/t11-,12+/m1/s1. The highest BCUT2D eigenvalue weighted by Crippen LogP contribution is 2.24. The van der Waals surface area contributed by atoms with Gasteiger partial charge in [0.1, 0.15) is 5.60 Å². The summed E-state index contributed by atoms with van der Waals surface area (Å²) in [6, 6.07) is 1.02. The van der Waals surface area contributed by atoms with Gasteiger partial charge in [0, 0.05) is 25.7 Å². The first-order valence-corrected chi connectivity index (χ1v) is 7.16. The Bertz CT molecular complexity index is 323. The van der Waals surface area contributed by atoms with Crippen LogP contribution in [0.15, 0.2) is 0 Å². The van der Waals surface area contributed by atoms with E-state index < -0.39 is 5.60 Å². The van der Waals surface area contributed by atoms with E-state index in [0.29, 0.717) is 18.6 Å². The van der Waals surface area contributed by atoms with Gasteiger partial charge in [-0.05, 0) is 40.0 Å². The van der Waals surface area contributed by atoms with Gasteiger partial charge in [-0.15, -0.1) is 0 Å². The molecule has 1 saturated carbocycles. The molecule has 0 aromatic carbocycles. The van der Waals surface area contributed by atoms with E-state index in [1.165, 1.54) is 12.8 Å². The lowest BCUT2D eigenvalue weighted by Gasteiger charge is -2.38. The maximum atomic E-state index is 12.0. The average Bonchev–Trinajstić information content (AvgIpc) is 3.11. The largest absolute Gasteiger partial charge is 0.444 e. The molecule has 2 fully saturated rings. The second-order valence-corrected chi connectivity index (χ2v) is 6.54. The average molecular weight is 270 g/mol. The van der Waals surface area contributed by atoms with Crippen LogP contribution in [-0.4, -0.2) is 55.0 Å². The molecule has 2 aliphatic rings. The second-order valence-electron chi connectivity index (χ2n) is 6.54. The number of rotatable bonds is 3. The Balaban J connectivity index is 1.86. The third kappa shape index (κ3) is 4.35. The van der Waals surface area contributed by atoms with Gasteiger partial charge >= 0.3 is 6.09 Å². The molecule has 5 nitrogen and oxygen atoms in total. The number of nitrogens with zero attached hydrogens (tertiary/aromatic N) is 1. The van der Waals surface area contributed by atoms with Gasteiger partial charge < -0.3 is 19.7 Å². The zero-order chi connectivity index (χ0) is 14.0. The van der Waals surface area contributed by atoms with Crippen molar-refractivity contribution in [2.24, 2.45) is 0 Å². The lowest BCUT2D eigenvalue weighted by Crippen LogP contribution is -2.55. The van der Waals surface area contributed by atoms with Crippen LogP contribution in [0.25, 0.3) is 0 Å². The van der Waals surface area contributed by atoms with E-state index in [9.17, 15) is 4.79 Å². The predicted octanol–water partition coefficient (Wildman–Crippen LogP) is 1.76. The molecule has 2 atom stereocenters. The molecule has 0 radical (unpaired) electrons. The molecule has 5 heteroatoms. The highest BCUT2D eigenvalue weighted by Gasteiger charge is 2.36. The minimum Gasteiger partial charge on any atom is -0.444 e. The fourth-order valence-electron chi connectivity index (χ4n) is 2.39. The Morgan fingerprint density at radius 3 is 2.47 bits per heavy atom. The third-order valence-electron chi connectivity index (χ3n) is 3.54. The van der Waals surface area contributed by atoms with Crippen LogP contribution in [0.2, 0.25) is 0 Å². The first kappa shape index (κ1) is 14.6. The van der Waals surface area contributed by atoms with Crippen LogP contribution in [0.3, 0.4) is 0 Å². The summed E-state index contributed by atoms with van der Waals surface area (Å²) in [5.74, 6) is 0. The summed E-state index contributed by atoms with van der Waals surface area (Å²) in [6.45, 7) is 7.01. The van der Waals surface area contributed by atoms with Crippen molar-refractivity contribution in [3.05, 3.63) is 0 Å². The number of carbonyl (C=O) groups excluding carboxylic acids is 1. The highest BCUT2D eigenvalue weighted by molar-refractivity contribution is 5.68. The van der Waals surface area contributed by atoms with E-state index in [4.69, 9.17) is 9.47 Å². The smallest absolute Gasteiger partial charge is 0.410 e. The fourth-order valence-corrected chi connectivity index (χ4v) is 2.39. The van der Waals surface area contributed by atoms with E-state index in [1.807, 2.05) is 20.8 Å². The van der Waals surface area contributed by atoms with Gasteiger partial charge in [0.05, 0.1) is 12.6 Å². The Labute approximate surface area is 115 Å². The molecule has 0 unspecified atom stereocenters. The van der Waals surface area contributed by atoms with Gasteiger partial charge in [-0.2, -0.15) is 0 Å². The Morgan fingerprint density at radius 1 is 1.26 bits per heavy atom. The first-order valence-electron chi connectivity index (χ1n) is 7.16. The molecule has 19 heavy (non-hydrogen) atoms. The van der Waals surface area contributed by atoms with Crippen molar-refractivity contribution in [2.45, 2.75) is 63.8 Å². The van der Waals surface area contributed by atoms with Crippen molar-refractivity contribution in [2.75, 3.05) is 20.2 Å². The van der Waals surface area contributed by atoms with Crippen LogP contribution in [0, 0.1) is 0 Å². The maximum Gasteiger partial charge on any atom is 0.410 e. The molecule has 1 heterocycles. The summed E-state index contributed by atoms with van der Waals surface area (Å²) in [4.78, 5) is 13.8. The van der Waals surface area contributed by atoms with Crippen molar-refractivity contribution >= 4 is 6.09 Å². The number of hydrogen-bond acceptors (Lipinski definition) is 4. The minimum absolute atomic E-state index is 0.0573. The number of ether oxygens (including phenoxy) is 2. The quantitative estimate of drug-likeness (QED) is 0.849.